The van der Waals surface area contributed by atoms with Crippen molar-refractivity contribution < 1.29 is 22.5 Å². The standard InChI is InChI=1S/C20H11I3O5S/c21-14-9-15(22)19(29(25,26)27)17(23)18(14)28-20(24)16-12-7-3-1-5-10(12)11-6-2-4-8-13(11)16/h1-9,16H,(H,25,26,27)/p-1. The van der Waals surface area contributed by atoms with Crippen LogP contribution in [0.3, 0.4) is 0 Å². The van der Waals surface area contributed by atoms with Gasteiger partial charge in [-0.05, 0) is 96.1 Å². The minimum atomic E-state index is -4.72. The molecule has 0 atom stereocenters. The predicted octanol–water partition coefficient (Wildman–Crippen LogP) is 5.12. The zero-order valence-corrected chi connectivity index (χ0v) is 21.6. The van der Waals surface area contributed by atoms with E-state index >= 15 is 0 Å². The van der Waals surface area contributed by atoms with Gasteiger partial charge < -0.3 is 9.29 Å². The first kappa shape index (κ1) is 21.5. The number of hydrogen-bond donors (Lipinski definition) is 0. The molecule has 0 heterocycles. The second-order valence-electron chi connectivity index (χ2n) is 6.30. The molecule has 0 aromatic heterocycles. The summed E-state index contributed by atoms with van der Waals surface area (Å²) >= 11 is 5.51. The van der Waals surface area contributed by atoms with Crippen LogP contribution in [-0.4, -0.2) is 18.9 Å². The van der Waals surface area contributed by atoms with Gasteiger partial charge in [0, 0.05) is 3.57 Å². The van der Waals surface area contributed by atoms with E-state index in [0.717, 1.165) is 22.3 Å². The first-order valence-corrected chi connectivity index (χ1v) is 12.9. The molecule has 148 valence electrons. The molecule has 3 aromatic rings. The molecule has 0 radical (unpaired) electrons. The van der Waals surface area contributed by atoms with Gasteiger partial charge >= 0.3 is 5.97 Å². The van der Waals surface area contributed by atoms with Crippen molar-refractivity contribution in [3.8, 4) is 16.9 Å². The van der Waals surface area contributed by atoms with Crippen LogP contribution in [-0.2, 0) is 14.9 Å². The van der Waals surface area contributed by atoms with Gasteiger partial charge in [0.05, 0.1) is 12.0 Å². The molecule has 1 aliphatic rings. The van der Waals surface area contributed by atoms with Crippen LogP contribution in [0.2, 0.25) is 0 Å². The van der Waals surface area contributed by atoms with Gasteiger partial charge in [0.1, 0.15) is 16.0 Å². The summed E-state index contributed by atoms with van der Waals surface area (Å²) in [7, 11) is -4.72. The molecule has 1 aliphatic carbocycles. The van der Waals surface area contributed by atoms with Crippen LogP contribution in [0, 0.1) is 10.7 Å². The molecule has 0 spiro atoms. The van der Waals surface area contributed by atoms with E-state index in [1.54, 1.807) is 45.2 Å². The minimum absolute atomic E-state index is 0.0907. The minimum Gasteiger partial charge on any atom is -0.744 e. The average Bonchev–Trinajstić information content (AvgIpc) is 2.98. The molecule has 5 nitrogen and oxygen atoms in total. The fourth-order valence-electron chi connectivity index (χ4n) is 3.45. The molecule has 0 aliphatic heterocycles. The molecule has 9 heteroatoms. The molecule has 0 bridgehead atoms. The fraction of sp³-hybridized carbons (Fsp3) is 0.0500. The monoisotopic (exact) mass is 743 g/mol. The third kappa shape index (κ3) is 3.83. The quantitative estimate of drug-likeness (QED) is 0.161. The summed E-state index contributed by atoms with van der Waals surface area (Å²) < 4.78 is 41.8. The Morgan fingerprint density at radius 2 is 1.41 bits per heavy atom. The number of hydrogen-bond acceptors (Lipinski definition) is 5. The molecular formula is C20H10I3O5S-. The van der Waals surface area contributed by atoms with Crippen LogP contribution in [0.4, 0.5) is 0 Å². The summed E-state index contributed by atoms with van der Waals surface area (Å²) in [5.74, 6) is -1.05. The first-order valence-electron chi connectivity index (χ1n) is 8.23. The number of carbonyl (C=O) groups excluding carboxylic acids is 1. The molecule has 4 rings (SSSR count). The lowest BCUT2D eigenvalue weighted by atomic mass is 9.97. The summed E-state index contributed by atoms with van der Waals surface area (Å²) in [6.07, 6.45) is 0. The van der Waals surface area contributed by atoms with Crippen molar-refractivity contribution in [3.63, 3.8) is 0 Å². The van der Waals surface area contributed by atoms with Gasteiger partial charge in [-0.3, -0.25) is 4.79 Å². The highest BCUT2D eigenvalue weighted by Gasteiger charge is 2.35. The number of carbonyl (C=O) groups is 1. The van der Waals surface area contributed by atoms with Crippen molar-refractivity contribution in [2.45, 2.75) is 10.8 Å². The molecular weight excluding hydrogens is 733 g/mol. The van der Waals surface area contributed by atoms with Gasteiger partial charge in [-0.2, -0.15) is 0 Å². The Bertz CT molecular complexity index is 1230. The average molecular weight is 743 g/mol. The van der Waals surface area contributed by atoms with E-state index < -0.39 is 22.0 Å². The molecule has 0 saturated carbocycles. The molecule has 0 N–H and O–H groups in total. The van der Waals surface area contributed by atoms with E-state index in [1.165, 1.54) is 6.07 Å². The van der Waals surface area contributed by atoms with Crippen molar-refractivity contribution in [2.24, 2.45) is 0 Å². The Morgan fingerprint density at radius 3 is 1.93 bits per heavy atom. The van der Waals surface area contributed by atoms with Gasteiger partial charge in [0.25, 0.3) is 0 Å². The second kappa shape index (κ2) is 8.05. The normalized spacial score (nSPS) is 13.1. The van der Waals surface area contributed by atoms with Gasteiger partial charge in [0.2, 0.25) is 0 Å². The van der Waals surface area contributed by atoms with E-state index in [0.29, 0.717) is 7.14 Å². The zero-order valence-electron chi connectivity index (χ0n) is 14.4. The van der Waals surface area contributed by atoms with E-state index in [4.69, 9.17) is 4.74 Å². The van der Waals surface area contributed by atoms with E-state index in [2.05, 4.69) is 0 Å². The van der Waals surface area contributed by atoms with Crippen LogP contribution < -0.4 is 4.74 Å². The van der Waals surface area contributed by atoms with Crippen molar-refractivity contribution in [2.75, 3.05) is 0 Å². The lowest BCUT2D eigenvalue weighted by Gasteiger charge is -2.18. The highest BCUT2D eigenvalue weighted by Crippen LogP contribution is 2.46. The highest BCUT2D eigenvalue weighted by atomic mass is 127. The topological polar surface area (TPSA) is 83.5 Å². The molecule has 29 heavy (non-hydrogen) atoms. The van der Waals surface area contributed by atoms with Crippen LogP contribution in [0.1, 0.15) is 17.0 Å². The Hall–Kier alpha value is -0.770. The number of fused-ring (bicyclic) bond motifs is 3. The van der Waals surface area contributed by atoms with Gasteiger partial charge in [-0.1, -0.05) is 48.5 Å². The summed E-state index contributed by atoms with van der Waals surface area (Å²) in [6.45, 7) is 0. The maximum atomic E-state index is 13.2. The predicted molar refractivity (Wildman–Crippen MR) is 132 cm³/mol. The lowest BCUT2D eigenvalue weighted by Crippen LogP contribution is -2.20. The van der Waals surface area contributed by atoms with Crippen molar-refractivity contribution in [3.05, 3.63) is 76.4 Å². The van der Waals surface area contributed by atoms with E-state index in [-0.39, 0.29) is 14.2 Å². The SMILES string of the molecule is O=C(Oc1c(I)cc(I)c(S(=O)(=O)[O-])c1I)C1c2ccccc2-c2ccccc21. The number of ether oxygens (including phenoxy) is 1. The van der Waals surface area contributed by atoms with Crippen molar-refractivity contribution >= 4 is 83.9 Å². The number of halogens is 3. The number of esters is 1. The van der Waals surface area contributed by atoms with Gasteiger partial charge in [-0.15, -0.1) is 0 Å². The summed E-state index contributed by atoms with van der Waals surface area (Å²) in [5.41, 5.74) is 3.62. The fourth-order valence-corrected chi connectivity index (χ4v) is 9.27. The Kier molecular flexibility index (Phi) is 5.96. The summed E-state index contributed by atoms with van der Waals surface area (Å²) in [5, 5.41) is 0. The third-order valence-corrected chi connectivity index (χ3v) is 8.95. The van der Waals surface area contributed by atoms with Crippen LogP contribution in [0.15, 0.2) is 59.5 Å². The Morgan fingerprint density at radius 1 is 0.897 bits per heavy atom. The molecule has 3 aromatic carbocycles. The van der Waals surface area contributed by atoms with Gasteiger partial charge in [0.15, 0.2) is 5.75 Å². The lowest BCUT2D eigenvalue weighted by molar-refractivity contribution is -0.135. The molecule has 0 saturated heterocycles. The highest BCUT2D eigenvalue weighted by molar-refractivity contribution is 14.1. The second-order valence-corrected chi connectivity index (χ2v) is 11.0. The molecule has 0 fully saturated rings. The number of rotatable bonds is 3. The van der Waals surface area contributed by atoms with Crippen LogP contribution in [0.25, 0.3) is 11.1 Å². The summed E-state index contributed by atoms with van der Waals surface area (Å²) in [6, 6.07) is 16.8. The maximum Gasteiger partial charge on any atom is 0.323 e. The smallest absolute Gasteiger partial charge is 0.323 e. The maximum absolute atomic E-state index is 13.2. The van der Waals surface area contributed by atoms with Gasteiger partial charge in [-0.25, -0.2) is 8.42 Å². The van der Waals surface area contributed by atoms with Crippen LogP contribution in [0.5, 0.6) is 5.75 Å². The van der Waals surface area contributed by atoms with Crippen molar-refractivity contribution in [1.82, 2.24) is 0 Å². The largest absolute Gasteiger partial charge is 0.744 e. The number of benzene rings is 3. The van der Waals surface area contributed by atoms with Crippen molar-refractivity contribution in [1.29, 1.82) is 0 Å². The summed E-state index contributed by atoms with van der Waals surface area (Å²) in [4.78, 5) is 12.9. The van der Waals surface area contributed by atoms with Crippen LogP contribution >= 0.6 is 67.8 Å². The third-order valence-electron chi connectivity index (χ3n) is 4.61. The zero-order chi connectivity index (χ0) is 20.9. The Labute approximate surface area is 208 Å². The van der Waals surface area contributed by atoms with E-state index in [9.17, 15) is 17.8 Å². The van der Waals surface area contributed by atoms with E-state index in [1.807, 2.05) is 71.1 Å². The molecule has 0 unspecified atom stereocenters. The first-order chi connectivity index (χ1) is 13.7. The Balaban J connectivity index is 1.81. The molecule has 0 amide bonds.